The number of esters is 1. The lowest BCUT2D eigenvalue weighted by Crippen LogP contribution is -2.08. The molecular weight excluding hydrogens is 296 g/mol. The highest BCUT2D eigenvalue weighted by Crippen LogP contribution is 2.36. The van der Waals surface area contributed by atoms with Crippen molar-refractivity contribution >= 4 is 16.9 Å². The Labute approximate surface area is 131 Å². The molecule has 0 saturated heterocycles. The van der Waals surface area contributed by atoms with E-state index in [9.17, 15) is 9.90 Å². The third kappa shape index (κ3) is 2.38. The highest BCUT2D eigenvalue weighted by atomic mass is 16.5. The molecule has 6 heteroatoms. The minimum Gasteiger partial charge on any atom is -0.502 e. The first-order chi connectivity index (χ1) is 11.2. The molecule has 0 aliphatic carbocycles. The second kappa shape index (κ2) is 5.81. The summed E-state index contributed by atoms with van der Waals surface area (Å²) in [4.78, 5) is 15.9. The number of nitrogens with zero attached hydrogens (tertiary/aromatic N) is 2. The number of aromatic hydroxyl groups is 1. The molecule has 0 aliphatic rings. The topological polar surface area (TPSA) is 85.5 Å². The van der Waals surface area contributed by atoms with Crippen LogP contribution in [0.2, 0.25) is 0 Å². The third-order valence-electron chi connectivity index (χ3n) is 3.24. The second-order valence-electron chi connectivity index (χ2n) is 4.62. The predicted molar refractivity (Wildman–Crippen MR) is 82.8 cm³/mol. The van der Waals surface area contributed by atoms with Gasteiger partial charge in [0.15, 0.2) is 11.4 Å². The van der Waals surface area contributed by atoms with Crippen LogP contribution in [0.3, 0.4) is 0 Å². The number of rotatable bonds is 3. The molecule has 1 aromatic carbocycles. The van der Waals surface area contributed by atoms with Gasteiger partial charge in [0.05, 0.1) is 12.0 Å². The van der Waals surface area contributed by atoms with Crippen LogP contribution in [0, 0.1) is 12.3 Å². The van der Waals surface area contributed by atoms with E-state index in [-0.39, 0.29) is 23.6 Å². The van der Waals surface area contributed by atoms with Crippen molar-refractivity contribution < 1.29 is 19.2 Å². The maximum absolute atomic E-state index is 11.9. The van der Waals surface area contributed by atoms with Gasteiger partial charge in [0.1, 0.15) is 11.4 Å². The molecule has 0 atom stereocenters. The summed E-state index contributed by atoms with van der Waals surface area (Å²) in [5, 5.41) is 14.6. The number of ether oxygens (including phenoxy) is 1. The first kappa shape index (κ1) is 14.6. The zero-order valence-electron chi connectivity index (χ0n) is 12.2. The Morgan fingerprint density at radius 2 is 2.13 bits per heavy atom. The van der Waals surface area contributed by atoms with Crippen LogP contribution < -0.4 is 0 Å². The van der Waals surface area contributed by atoms with Gasteiger partial charge in [-0.2, -0.15) is 0 Å². The number of fused-ring (bicyclic) bond motifs is 1. The van der Waals surface area contributed by atoms with Crippen LogP contribution in [0.25, 0.3) is 22.2 Å². The Balaban J connectivity index is 2.28. The highest BCUT2D eigenvalue weighted by molar-refractivity contribution is 6.03. The maximum Gasteiger partial charge on any atom is 0.361 e. The van der Waals surface area contributed by atoms with Crippen LogP contribution in [0.5, 0.6) is 5.75 Å². The molecule has 0 radical (unpaired) electrons. The molecule has 1 N–H and O–H groups in total. The van der Waals surface area contributed by atoms with Crippen LogP contribution in [-0.2, 0) is 4.74 Å². The molecule has 0 saturated carbocycles. The van der Waals surface area contributed by atoms with Crippen molar-refractivity contribution in [2.45, 2.75) is 6.92 Å². The largest absolute Gasteiger partial charge is 0.502 e. The number of carbonyl (C=O) groups is 1. The lowest BCUT2D eigenvalue weighted by molar-refractivity contribution is 0.0516. The van der Waals surface area contributed by atoms with Gasteiger partial charge in [-0.05, 0) is 12.8 Å². The van der Waals surface area contributed by atoms with Crippen molar-refractivity contribution in [3.63, 3.8) is 0 Å². The van der Waals surface area contributed by atoms with E-state index in [1.807, 2.05) is 30.3 Å². The minimum absolute atomic E-state index is 0.00913. The van der Waals surface area contributed by atoms with E-state index >= 15 is 0 Å². The zero-order valence-corrected chi connectivity index (χ0v) is 12.2. The van der Waals surface area contributed by atoms with Crippen molar-refractivity contribution in [3.8, 4) is 29.4 Å². The van der Waals surface area contributed by atoms with Gasteiger partial charge < -0.3 is 14.4 Å². The molecule has 3 aromatic rings. The van der Waals surface area contributed by atoms with E-state index in [1.165, 1.54) is 0 Å². The summed E-state index contributed by atoms with van der Waals surface area (Å²) >= 11 is 0. The average molecular weight is 308 g/mol. The van der Waals surface area contributed by atoms with Crippen molar-refractivity contribution in [2.75, 3.05) is 6.61 Å². The predicted octanol–water partition coefficient (Wildman–Crippen LogP) is 2.75. The highest BCUT2D eigenvalue weighted by Gasteiger charge is 2.25. The Morgan fingerprint density at radius 3 is 2.78 bits per heavy atom. The number of hydrogen-bond donors (Lipinski definition) is 1. The van der Waals surface area contributed by atoms with Crippen LogP contribution >= 0.6 is 0 Å². The van der Waals surface area contributed by atoms with Crippen molar-refractivity contribution in [2.24, 2.45) is 0 Å². The summed E-state index contributed by atoms with van der Waals surface area (Å²) in [5.41, 5.74) is 1.08. The van der Waals surface area contributed by atoms with Gasteiger partial charge in [-0.3, -0.25) is 0 Å². The van der Waals surface area contributed by atoms with Gasteiger partial charge in [0.2, 0.25) is 5.58 Å². The lowest BCUT2D eigenvalue weighted by atomic mass is 10.1. The van der Waals surface area contributed by atoms with Gasteiger partial charge in [0, 0.05) is 5.56 Å². The first-order valence-electron chi connectivity index (χ1n) is 6.88. The standard InChI is InChI=1S/C17H12N2O4/c1-3-11-12-13(10-8-6-5-7-9-10)19-23-16(12)15(20)14(18-11)17(21)22-4-2/h1,5-9,20H,4H2,2H3. The minimum atomic E-state index is -0.777. The van der Waals surface area contributed by atoms with Gasteiger partial charge in [-0.25, -0.2) is 9.78 Å². The second-order valence-corrected chi connectivity index (χ2v) is 4.62. The first-order valence-corrected chi connectivity index (χ1v) is 6.88. The fourth-order valence-corrected chi connectivity index (χ4v) is 2.24. The van der Waals surface area contributed by atoms with Gasteiger partial charge in [-0.1, -0.05) is 35.5 Å². The summed E-state index contributed by atoms with van der Waals surface area (Å²) < 4.78 is 10.1. The molecule has 0 fully saturated rings. The molecular formula is C17H12N2O4. The molecule has 23 heavy (non-hydrogen) atoms. The Hall–Kier alpha value is -3.33. The fourth-order valence-electron chi connectivity index (χ4n) is 2.24. The summed E-state index contributed by atoms with van der Waals surface area (Å²) in [6, 6.07) is 9.20. The maximum atomic E-state index is 11.9. The molecule has 0 amide bonds. The quantitative estimate of drug-likeness (QED) is 0.591. The number of terminal acetylenes is 1. The summed E-state index contributed by atoms with van der Waals surface area (Å²) in [6.45, 7) is 1.80. The molecule has 114 valence electrons. The number of carbonyl (C=O) groups excluding carboxylic acids is 1. The summed E-state index contributed by atoms with van der Waals surface area (Å²) in [6.07, 6.45) is 5.50. The molecule has 3 rings (SSSR count). The van der Waals surface area contributed by atoms with Gasteiger partial charge in [0.25, 0.3) is 0 Å². The van der Waals surface area contributed by atoms with Gasteiger partial charge >= 0.3 is 5.97 Å². The number of benzene rings is 1. The number of aromatic nitrogens is 2. The van der Waals surface area contributed by atoms with E-state index in [0.29, 0.717) is 11.1 Å². The molecule has 6 nitrogen and oxygen atoms in total. The Morgan fingerprint density at radius 1 is 1.39 bits per heavy atom. The molecule has 0 unspecified atom stereocenters. The monoisotopic (exact) mass is 308 g/mol. The van der Waals surface area contributed by atoms with Crippen LogP contribution in [-0.4, -0.2) is 27.8 Å². The van der Waals surface area contributed by atoms with E-state index < -0.39 is 11.7 Å². The third-order valence-corrected chi connectivity index (χ3v) is 3.24. The van der Waals surface area contributed by atoms with Crippen LogP contribution in [0.1, 0.15) is 23.1 Å². The molecule has 2 heterocycles. The fraction of sp³-hybridized carbons (Fsp3) is 0.118. The van der Waals surface area contributed by atoms with E-state index in [0.717, 1.165) is 5.56 Å². The normalized spacial score (nSPS) is 10.4. The van der Waals surface area contributed by atoms with Gasteiger partial charge in [-0.15, -0.1) is 6.42 Å². The molecule has 0 aliphatic heterocycles. The average Bonchev–Trinajstić information content (AvgIpc) is 3.02. The molecule has 0 bridgehead atoms. The number of pyridine rings is 1. The van der Waals surface area contributed by atoms with Crippen molar-refractivity contribution in [1.82, 2.24) is 10.1 Å². The SMILES string of the molecule is C#Cc1nc(C(=O)OCC)c(O)c2onc(-c3ccccc3)c12. The van der Waals surface area contributed by atoms with Crippen LogP contribution in [0.15, 0.2) is 34.9 Å². The van der Waals surface area contributed by atoms with E-state index in [2.05, 4.69) is 16.1 Å². The lowest BCUT2D eigenvalue weighted by Gasteiger charge is -2.05. The van der Waals surface area contributed by atoms with Crippen molar-refractivity contribution in [3.05, 3.63) is 41.7 Å². The van der Waals surface area contributed by atoms with Crippen LogP contribution in [0.4, 0.5) is 0 Å². The smallest absolute Gasteiger partial charge is 0.361 e. The zero-order chi connectivity index (χ0) is 16.4. The Bertz CT molecular complexity index is 923. The summed E-state index contributed by atoms with van der Waals surface area (Å²) in [7, 11) is 0. The molecule has 2 aromatic heterocycles. The number of hydrogen-bond acceptors (Lipinski definition) is 6. The summed E-state index contributed by atoms with van der Waals surface area (Å²) in [5.74, 6) is 1.19. The van der Waals surface area contributed by atoms with Crippen molar-refractivity contribution in [1.29, 1.82) is 0 Å². The van der Waals surface area contributed by atoms with E-state index in [1.54, 1.807) is 6.92 Å². The van der Waals surface area contributed by atoms with E-state index in [4.69, 9.17) is 15.7 Å². The Kier molecular flexibility index (Phi) is 3.69. The molecule has 0 spiro atoms.